The zero-order valence-electron chi connectivity index (χ0n) is 10.6. The molecule has 1 rings (SSSR count). The number of hydrogen-bond acceptors (Lipinski definition) is 0. The maximum Gasteiger partial charge on any atom is -0.0357 e. The summed E-state index contributed by atoms with van der Waals surface area (Å²) in [4.78, 5) is 0. The molecule has 4 atom stereocenters. The average molecular weight is 196 g/mol. The molecule has 4 unspecified atom stereocenters. The van der Waals surface area contributed by atoms with Crippen molar-refractivity contribution in [3.8, 4) is 0 Å². The van der Waals surface area contributed by atoms with Crippen molar-refractivity contribution in [2.24, 2.45) is 23.7 Å². The van der Waals surface area contributed by atoms with Gasteiger partial charge in [0.15, 0.2) is 0 Å². The molecule has 14 heavy (non-hydrogen) atoms. The third kappa shape index (κ3) is 3.63. The van der Waals surface area contributed by atoms with E-state index >= 15 is 0 Å². The van der Waals surface area contributed by atoms with Crippen LogP contribution in [0, 0.1) is 23.7 Å². The van der Waals surface area contributed by atoms with Crippen molar-refractivity contribution in [3.63, 3.8) is 0 Å². The molecule has 0 radical (unpaired) electrons. The van der Waals surface area contributed by atoms with Crippen molar-refractivity contribution in [1.29, 1.82) is 0 Å². The van der Waals surface area contributed by atoms with Gasteiger partial charge in [0.1, 0.15) is 0 Å². The van der Waals surface area contributed by atoms with Crippen LogP contribution in [0.4, 0.5) is 0 Å². The fraction of sp³-hybridized carbons (Fsp3) is 1.00. The molecule has 0 heteroatoms. The van der Waals surface area contributed by atoms with E-state index in [-0.39, 0.29) is 0 Å². The maximum absolute atomic E-state index is 2.47. The quantitative estimate of drug-likeness (QED) is 0.544. The van der Waals surface area contributed by atoms with Crippen LogP contribution in [0.3, 0.4) is 0 Å². The van der Waals surface area contributed by atoms with E-state index in [0.717, 1.165) is 23.7 Å². The second-order valence-corrected chi connectivity index (χ2v) is 5.49. The predicted octanol–water partition coefficient (Wildman–Crippen LogP) is 4.89. The highest BCUT2D eigenvalue weighted by Crippen LogP contribution is 2.47. The molecule has 0 nitrogen and oxygen atoms in total. The van der Waals surface area contributed by atoms with E-state index in [1.54, 1.807) is 0 Å². The lowest BCUT2D eigenvalue weighted by molar-refractivity contribution is 0.391. The minimum atomic E-state index is 0.948. The Balaban J connectivity index is 2.02. The zero-order chi connectivity index (χ0) is 10.6. The second-order valence-electron chi connectivity index (χ2n) is 5.49. The van der Waals surface area contributed by atoms with Crippen molar-refractivity contribution in [3.05, 3.63) is 0 Å². The van der Waals surface area contributed by atoms with Crippen LogP contribution in [-0.2, 0) is 0 Å². The Hall–Kier alpha value is 0. The summed E-state index contributed by atoms with van der Waals surface area (Å²) in [7, 11) is 0. The zero-order valence-corrected chi connectivity index (χ0v) is 10.6. The van der Waals surface area contributed by atoms with Gasteiger partial charge in [-0.25, -0.2) is 0 Å². The third-order valence-corrected chi connectivity index (χ3v) is 4.29. The first-order valence-electron chi connectivity index (χ1n) is 6.69. The van der Waals surface area contributed by atoms with Crippen molar-refractivity contribution in [1.82, 2.24) is 0 Å². The molecule has 0 aromatic carbocycles. The van der Waals surface area contributed by atoms with Crippen molar-refractivity contribution in [2.45, 2.75) is 66.2 Å². The molecular formula is C14H28. The summed E-state index contributed by atoms with van der Waals surface area (Å²) in [5.41, 5.74) is 0. The Labute approximate surface area is 90.5 Å². The van der Waals surface area contributed by atoms with Gasteiger partial charge in [-0.1, -0.05) is 59.8 Å². The SMILES string of the molecule is CCC(C)CCCC(C)C1CC1CC. The van der Waals surface area contributed by atoms with E-state index in [1.165, 1.54) is 38.5 Å². The maximum atomic E-state index is 2.47. The number of hydrogen-bond donors (Lipinski definition) is 0. The summed E-state index contributed by atoms with van der Waals surface area (Å²) in [6.07, 6.45) is 8.69. The van der Waals surface area contributed by atoms with Crippen molar-refractivity contribution in [2.75, 3.05) is 0 Å². The lowest BCUT2D eigenvalue weighted by Crippen LogP contribution is -2.01. The second kappa shape index (κ2) is 5.78. The summed E-state index contributed by atoms with van der Waals surface area (Å²) in [6.45, 7) is 9.51. The molecule has 0 heterocycles. The summed E-state index contributed by atoms with van der Waals surface area (Å²) in [5, 5.41) is 0. The van der Waals surface area contributed by atoms with E-state index in [9.17, 15) is 0 Å². The van der Waals surface area contributed by atoms with E-state index in [2.05, 4.69) is 27.7 Å². The average Bonchev–Trinajstić information content (AvgIpc) is 2.96. The monoisotopic (exact) mass is 196 g/mol. The van der Waals surface area contributed by atoms with Gasteiger partial charge in [-0.05, 0) is 30.1 Å². The van der Waals surface area contributed by atoms with Crippen molar-refractivity contribution >= 4 is 0 Å². The fourth-order valence-electron chi connectivity index (χ4n) is 2.64. The van der Waals surface area contributed by atoms with Gasteiger partial charge >= 0.3 is 0 Å². The highest BCUT2D eigenvalue weighted by atomic mass is 14.4. The van der Waals surface area contributed by atoms with Crippen LogP contribution in [0.5, 0.6) is 0 Å². The molecule has 1 saturated carbocycles. The Morgan fingerprint density at radius 3 is 2.36 bits per heavy atom. The van der Waals surface area contributed by atoms with Gasteiger partial charge in [-0.15, -0.1) is 0 Å². The Kier molecular flexibility index (Phi) is 4.98. The molecular weight excluding hydrogens is 168 g/mol. The Morgan fingerprint density at radius 2 is 1.86 bits per heavy atom. The topological polar surface area (TPSA) is 0 Å². The minimum Gasteiger partial charge on any atom is -0.0651 e. The van der Waals surface area contributed by atoms with Crippen LogP contribution in [0.1, 0.15) is 66.2 Å². The van der Waals surface area contributed by atoms with Gasteiger partial charge in [0.05, 0.1) is 0 Å². The molecule has 0 aromatic rings. The van der Waals surface area contributed by atoms with E-state index < -0.39 is 0 Å². The van der Waals surface area contributed by atoms with Crippen molar-refractivity contribution < 1.29 is 0 Å². The van der Waals surface area contributed by atoms with Crippen LogP contribution in [0.15, 0.2) is 0 Å². The molecule has 1 aliphatic carbocycles. The molecule has 1 aliphatic rings. The van der Waals surface area contributed by atoms with Crippen LogP contribution in [-0.4, -0.2) is 0 Å². The summed E-state index contributed by atoms with van der Waals surface area (Å²) >= 11 is 0. The Bertz CT molecular complexity index is 150. The first-order chi connectivity index (χ1) is 6.69. The first kappa shape index (κ1) is 12.1. The molecule has 0 amide bonds. The lowest BCUT2D eigenvalue weighted by atomic mass is 9.93. The molecule has 0 N–H and O–H groups in total. The van der Waals surface area contributed by atoms with Crippen LogP contribution >= 0.6 is 0 Å². The fourth-order valence-corrected chi connectivity index (χ4v) is 2.64. The first-order valence-corrected chi connectivity index (χ1v) is 6.69. The lowest BCUT2D eigenvalue weighted by Gasteiger charge is -2.12. The van der Waals surface area contributed by atoms with E-state index in [0.29, 0.717) is 0 Å². The predicted molar refractivity (Wildman–Crippen MR) is 64.4 cm³/mol. The molecule has 0 saturated heterocycles. The summed E-state index contributed by atoms with van der Waals surface area (Å²) in [5.74, 6) is 4.14. The van der Waals surface area contributed by atoms with Gasteiger partial charge in [0, 0.05) is 0 Å². The smallest absolute Gasteiger partial charge is 0.0357 e. The van der Waals surface area contributed by atoms with Crippen LogP contribution in [0.25, 0.3) is 0 Å². The highest BCUT2D eigenvalue weighted by Gasteiger charge is 2.38. The summed E-state index contributed by atoms with van der Waals surface area (Å²) < 4.78 is 0. The van der Waals surface area contributed by atoms with E-state index in [1.807, 2.05) is 0 Å². The van der Waals surface area contributed by atoms with Gasteiger partial charge in [0.2, 0.25) is 0 Å². The minimum absolute atomic E-state index is 0.948. The van der Waals surface area contributed by atoms with Gasteiger partial charge in [-0.3, -0.25) is 0 Å². The molecule has 0 aliphatic heterocycles. The van der Waals surface area contributed by atoms with E-state index in [4.69, 9.17) is 0 Å². The van der Waals surface area contributed by atoms with Gasteiger partial charge < -0.3 is 0 Å². The van der Waals surface area contributed by atoms with Gasteiger partial charge in [-0.2, -0.15) is 0 Å². The van der Waals surface area contributed by atoms with Crippen LogP contribution in [0.2, 0.25) is 0 Å². The largest absolute Gasteiger partial charge is 0.0651 e. The van der Waals surface area contributed by atoms with Crippen LogP contribution < -0.4 is 0 Å². The summed E-state index contributed by atoms with van der Waals surface area (Å²) in [6, 6.07) is 0. The molecule has 0 spiro atoms. The molecule has 1 fully saturated rings. The molecule has 0 aromatic heterocycles. The number of rotatable bonds is 7. The Morgan fingerprint density at radius 1 is 1.14 bits per heavy atom. The van der Waals surface area contributed by atoms with Gasteiger partial charge in [0.25, 0.3) is 0 Å². The molecule has 84 valence electrons. The third-order valence-electron chi connectivity index (χ3n) is 4.29. The normalized spacial score (nSPS) is 30.0. The molecule has 0 bridgehead atoms. The standard InChI is InChI=1S/C14H28/c1-5-11(3)8-7-9-12(4)14-10-13(14)6-2/h11-14H,5-10H2,1-4H3. The highest BCUT2D eigenvalue weighted by molar-refractivity contribution is 4.88.